The van der Waals surface area contributed by atoms with Gasteiger partial charge in [0.15, 0.2) is 0 Å². The average molecular weight is 325 g/mol. The monoisotopic (exact) mass is 325 g/mol. The second kappa shape index (κ2) is 7.09. The topological polar surface area (TPSA) is 66.2 Å². The second-order valence-electron chi connectivity index (χ2n) is 5.67. The highest BCUT2D eigenvalue weighted by molar-refractivity contribution is 5.79. The third-order valence-electron chi connectivity index (χ3n) is 3.92. The van der Waals surface area contributed by atoms with Gasteiger partial charge in [-0.25, -0.2) is 9.37 Å². The fourth-order valence-electron chi connectivity index (χ4n) is 2.65. The number of ether oxygens (including phenoxy) is 1. The number of amides is 1. The molecule has 1 amide bonds. The summed E-state index contributed by atoms with van der Waals surface area (Å²) in [4.78, 5) is 18.1. The van der Waals surface area contributed by atoms with Gasteiger partial charge in [0, 0.05) is 25.2 Å². The first-order valence-electron chi connectivity index (χ1n) is 7.69. The Bertz CT molecular complexity index is 771. The average Bonchev–Trinajstić information content (AvgIpc) is 3.06. The highest BCUT2D eigenvalue weighted by Crippen LogP contribution is 2.18. The Kier molecular flexibility index (Phi) is 4.71. The number of rotatable bonds is 4. The fourth-order valence-corrected chi connectivity index (χ4v) is 2.65. The number of nitriles is 1. The molecule has 0 radical (unpaired) electrons. The fraction of sp³-hybridized carbons (Fsp3) is 0.278. The molecule has 122 valence electrons. The third-order valence-corrected chi connectivity index (χ3v) is 3.92. The summed E-state index contributed by atoms with van der Waals surface area (Å²) in [5.74, 6) is 0.0752. The maximum Gasteiger partial charge on any atom is 0.227 e. The minimum atomic E-state index is -0.312. The van der Waals surface area contributed by atoms with Gasteiger partial charge in [0.1, 0.15) is 11.9 Å². The van der Waals surface area contributed by atoms with E-state index in [4.69, 9.17) is 10.00 Å². The Labute approximate surface area is 139 Å². The molecule has 5 nitrogen and oxygen atoms in total. The van der Waals surface area contributed by atoms with E-state index in [1.165, 1.54) is 18.3 Å². The van der Waals surface area contributed by atoms with Crippen molar-refractivity contribution in [1.29, 1.82) is 5.26 Å². The Morgan fingerprint density at radius 3 is 2.92 bits per heavy atom. The first-order valence-corrected chi connectivity index (χ1v) is 7.69. The van der Waals surface area contributed by atoms with Crippen LogP contribution in [0.25, 0.3) is 0 Å². The maximum atomic E-state index is 12.9. The predicted molar refractivity (Wildman–Crippen MR) is 84.7 cm³/mol. The zero-order chi connectivity index (χ0) is 16.9. The van der Waals surface area contributed by atoms with Gasteiger partial charge >= 0.3 is 0 Å². The minimum Gasteiger partial charge on any atom is -0.472 e. The van der Waals surface area contributed by atoms with Crippen molar-refractivity contribution in [2.24, 2.45) is 0 Å². The van der Waals surface area contributed by atoms with Crippen LogP contribution in [0.5, 0.6) is 5.88 Å². The summed E-state index contributed by atoms with van der Waals surface area (Å²) in [5.41, 5.74) is 1.27. The molecule has 2 heterocycles. The lowest BCUT2D eigenvalue weighted by Crippen LogP contribution is -2.32. The van der Waals surface area contributed by atoms with E-state index in [-0.39, 0.29) is 24.2 Å². The molecule has 1 aromatic heterocycles. The number of nitrogens with zero attached hydrogens (tertiary/aromatic N) is 3. The smallest absolute Gasteiger partial charge is 0.227 e. The molecule has 0 N–H and O–H groups in total. The van der Waals surface area contributed by atoms with Gasteiger partial charge in [-0.15, -0.1) is 0 Å². The SMILES string of the molecule is N#Cc1ccnc(OC2CCN(C(=O)Cc3ccc(F)cc3)C2)c1. The maximum absolute atomic E-state index is 12.9. The molecular formula is C18H16FN3O2. The van der Waals surface area contributed by atoms with E-state index in [1.54, 1.807) is 29.2 Å². The first kappa shape index (κ1) is 15.9. The van der Waals surface area contributed by atoms with E-state index in [0.29, 0.717) is 31.0 Å². The molecule has 24 heavy (non-hydrogen) atoms. The summed E-state index contributed by atoms with van der Waals surface area (Å²) in [7, 11) is 0. The largest absolute Gasteiger partial charge is 0.472 e. The molecular weight excluding hydrogens is 309 g/mol. The van der Waals surface area contributed by atoms with Crippen molar-refractivity contribution in [2.45, 2.75) is 18.9 Å². The van der Waals surface area contributed by atoms with Gasteiger partial charge in [0.05, 0.1) is 24.6 Å². The number of aromatic nitrogens is 1. The Hall–Kier alpha value is -2.94. The van der Waals surface area contributed by atoms with Crippen molar-refractivity contribution < 1.29 is 13.9 Å². The van der Waals surface area contributed by atoms with E-state index >= 15 is 0 Å². The van der Waals surface area contributed by atoms with Crippen LogP contribution < -0.4 is 4.74 Å². The summed E-state index contributed by atoms with van der Waals surface area (Å²) >= 11 is 0. The van der Waals surface area contributed by atoms with Crippen LogP contribution in [0.2, 0.25) is 0 Å². The second-order valence-corrected chi connectivity index (χ2v) is 5.67. The third kappa shape index (κ3) is 3.87. The van der Waals surface area contributed by atoms with Crippen LogP contribution in [0, 0.1) is 17.1 Å². The van der Waals surface area contributed by atoms with Crippen LogP contribution in [-0.2, 0) is 11.2 Å². The van der Waals surface area contributed by atoms with Crippen molar-refractivity contribution in [3.05, 3.63) is 59.5 Å². The summed E-state index contributed by atoms with van der Waals surface area (Å²) < 4.78 is 18.7. The quantitative estimate of drug-likeness (QED) is 0.865. The molecule has 1 atom stereocenters. The summed E-state index contributed by atoms with van der Waals surface area (Å²) in [5, 5.41) is 8.89. The van der Waals surface area contributed by atoms with E-state index in [1.807, 2.05) is 6.07 Å². The summed E-state index contributed by atoms with van der Waals surface area (Å²) in [6.45, 7) is 1.10. The number of carbonyl (C=O) groups excluding carboxylic acids is 1. The highest BCUT2D eigenvalue weighted by atomic mass is 19.1. The number of halogens is 1. The number of pyridine rings is 1. The lowest BCUT2D eigenvalue weighted by molar-refractivity contribution is -0.129. The molecule has 1 aliphatic rings. The molecule has 0 spiro atoms. The molecule has 0 saturated carbocycles. The molecule has 1 aromatic carbocycles. The number of hydrogen-bond acceptors (Lipinski definition) is 4. The lowest BCUT2D eigenvalue weighted by Gasteiger charge is -2.17. The lowest BCUT2D eigenvalue weighted by atomic mass is 10.1. The number of likely N-dealkylation sites (tertiary alicyclic amines) is 1. The standard InChI is InChI=1S/C18H16FN3O2/c19-15-3-1-13(2-4-15)10-18(23)22-8-6-16(12-22)24-17-9-14(11-20)5-7-21-17/h1-5,7,9,16H,6,8,10,12H2. The highest BCUT2D eigenvalue weighted by Gasteiger charge is 2.27. The minimum absolute atomic E-state index is 0.00792. The normalized spacial score (nSPS) is 16.7. The van der Waals surface area contributed by atoms with E-state index in [2.05, 4.69) is 4.98 Å². The predicted octanol–water partition coefficient (Wildman–Crippen LogP) is 2.31. The molecule has 1 fully saturated rings. The molecule has 1 aliphatic heterocycles. The van der Waals surface area contributed by atoms with Crippen molar-refractivity contribution in [3.8, 4) is 11.9 Å². The molecule has 6 heteroatoms. The van der Waals surface area contributed by atoms with Crippen LogP contribution in [0.3, 0.4) is 0 Å². The van der Waals surface area contributed by atoms with Gasteiger partial charge < -0.3 is 9.64 Å². The van der Waals surface area contributed by atoms with Crippen molar-refractivity contribution in [2.75, 3.05) is 13.1 Å². The van der Waals surface area contributed by atoms with Gasteiger partial charge in [-0.1, -0.05) is 12.1 Å². The molecule has 2 aromatic rings. The van der Waals surface area contributed by atoms with Gasteiger partial charge in [0.25, 0.3) is 0 Å². The molecule has 1 unspecified atom stereocenters. The van der Waals surface area contributed by atoms with Crippen LogP contribution in [0.4, 0.5) is 4.39 Å². The Balaban J connectivity index is 1.55. The van der Waals surface area contributed by atoms with Gasteiger partial charge in [-0.3, -0.25) is 4.79 Å². The first-order chi connectivity index (χ1) is 11.6. The van der Waals surface area contributed by atoms with E-state index in [0.717, 1.165) is 5.56 Å². The molecule has 0 aliphatic carbocycles. The molecule has 1 saturated heterocycles. The zero-order valence-corrected chi connectivity index (χ0v) is 13.0. The van der Waals surface area contributed by atoms with Crippen molar-refractivity contribution >= 4 is 5.91 Å². The number of hydrogen-bond donors (Lipinski definition) is 0. The Morgan fingerprint density at radius 2 is 2.17 bits per heavy atom. The van der Waals surface area contributed by atoms with Crippen molar-refractivity contribution in [1.82, 2.24) is 9.88 Å². The molecule has 3 rings (SSSR count). The van der Waals surface area contributed by atoms with Crippen LogP contribution in [-0.4, -0.2) is 35.0 Å². The van der Waals surface area contributed by atoms with Crippen LogP contribution >= 0.6 is 0 Å². The molecule has 0 bridgehead atoms. The summed E-state index contributed by atoms with van der Waals surface area (Å²) in [6.07, 6.45) is 2.35. The number of benzene rings is 1. The van der Waals surface area contributed by atoms with E-state index < -0.39 is 0 Å². The van der Waals surface area contributed by atoms with Crippen LogP contribution in [0.15, 0.2) is 42.6 Å². The van der Waals surface area contributed by atoms with E-state index in [9.17, 15) is 9.18 Å². The number of carbonyl (C=O) groups is 1. The van der Waals surface area contributed by atoms with Gasteiger partial charge in [-0.05, 0) is 23.8 Å². The van der Waals surface area contributed by atoms with Crippen LogP contribution in [0.1, 0.15) is 17.5 Å². The zero-order valence-electron chi connectivity index (χ0n) is 13.0. The van der Waals surface area contributed by atoms with Gasteiger partial charge in [0.2, 0.25) is 11.8 Å². The Morgan fingerprint density at radius 1 is 1.38 bits per heavy atom. The van der Waals surface area contributed by atoms with Crippen molar-refractivity contribution in [3.63, 3.8) is 0 Å². The summed E-state index contributed by atoms with van der Waals surface area (Å²) in [6, 6.07) is 11.2. The van der Waals surface area contributed by atoms with Gasteiger partial charge in [-0.2, -0.15) is 5.26 Å².